The number of nitrogens with one attached hydrogen (secondary N) is 2. The molecule has 0 saturated carbocycles. The van der Waals surface area contributed by atoms with Crippen LogP contribution in [0, 0.1) is 6.92 Å². The van der Waals surface area contributed by atoms with E-state index in [2.05, 4.69) is 15.8 Å². The number of carbonyl (C=O) groups excluding carboxylic acids is 3. The molecule has 4 rings (SSSR count). The summed E-state index contributed by atoms with van der Waals surface area (Å²) in [5.74, 6) is -0.216. The van der Waals surface area contributed by atoms with E-state index in [0.717, 1.165) is 48.1 Å². The van der Waals surface area contributed by atoms with Crippen molar-refractivity contribution in [2.45, 2.75) is 39.0 Å². The van der Waals surface area contributed by atoms with E-state index in [1.807, 2.05) is 24.4 Å². The van der Waals surface area contributed by atoms with E-state index in [0.29, 0.717) is 10.8 Å². The van der Waals surface area contributed by atoms with Crippen LogP contribution in [0.1, 0.15) is 34.9 Å². The van der Waals surface area contributed by atoms with Crippen LogP contribution in [-0.4, -0.2) is 36.0 Å². The standard InChI is InChI=1S/C22H23N3O6S/c1-13-12-32-21(23-13)9-19(26)24-25-20(27)10-30-22(28)11-29-14-6-7-18-16(8-14)15-4-2-3-5-17(15)31-18/h6-8,12H,2-5,9-11H2,1H3,(H,24,26)(H,25,27). The summed E-state index contributed by atoms with van der Waals surface area (Å²) in [6.07, 6.45) is 4.23. The Morgan fingerprint density at radius 3 is 2.75 bits per heavy atom. The van der Waals surface area contributed by atoms with Crippen molar-refractivity contribution in [3.05, 3.63) is 45.6 Å². The predicted octanol–water partition coefficient (Wildman–Crippen LogP) is 2.39. The van der Waals surface area contributed by atoms with Crippen molar-refractivity contribution in [2.24, 2.45) is 0 Å². The largest absolute Gasteiger partial charge is 0.482 e. The lowest BCUT2D eigenvalue weighted by molar-refractivity contribution is -0.150. The molecule has 1 aromatic carbocycles. The molecule has 1 aliphatic rings. The van der Waals surface area contributed by atoms with Crippen molar-refractivity contribution in [1.82, 2.24) is 15.8 Å². The smallest absolute Gasteiger partial charge is 0.344 e. The molecule has 0 radical (unpaired) electrons. The lowest BCUT2D eigenvalue weighted by atomic mass is 9.96. The normalized spacial score (nSPS) is 12.8. The molecule has 0 saturated heterocycles. The van der Waals surface area contributed by atoms with Gasteiger partial charge in [-0.2, -0.15) is 0 Å². The number of benzene rings is 1. The van der Waals surface area contributed by atoms with E-state index in [-0.39, 0.29) is 13.0 Å². The molecular weight excluding hydrogens is 434 g/mol. The lowest BCUT2D eigenvalue weighted by Crippen LogP contribution is -2.44. The Bertz CT molecular complexity index is 1150. The quantitative estimate of drug-likeness (QED) is 0.413. The van der Waals surface area contributed by atoms with Crippen LogP contribution < -0.4 is 15.6 Å². The van der Waals surface area contributed by atoms with Crippen LogP contribution in [0.2, 0.25) is 0 Å². The molecule has 9 nitrogen and oxygen atoms in total. The number of esters is 1. The van der Waals surface area contributed by atoms with Crippen LogP contribution in [0.3, 0.4) is 0 Å². The average molecular weight is 458 g/mol. The number of nitrogens with zero attached hydrogens (tertiary/aromatic N) is 1. The second-order valence-electron chi connectivity index (χ2n) is 7.47. The van der Waals surface area contributed by atoms with E-state index in [4.69, 9.17) is 13.9 Å². The number of thiazole rings is 1. The van der Waals surface area contributed by atoms with Crippen LogP contribution in [-0.2, 0) is 38.4 Å². The summed E-state index contributed by atoms with van der Waals surface area (Å²) >= 11 is 1.36. The SMILES string of the molecule is Cc1csc(CC(=O)NNC(=O)COC(=O)COc2ccc3oc4c(c3c2)CCCC4)n1. The monoisotopic (exact) mass is 457 g/mol. The Balaban J connectivity index is 1.18. The molecule has 0 bridgehead atoms. The number of amides is 2. The highest BCUT2D eigenvalue weighted by Gasteiger charge is 2.18. The fourth-order valence-corrected chi connectivity index (χ4v) is 4.27. The van der Waals surface area contributed by atoms with Crippen molar-refractivity contribution in [3.63, 3.8) is 0 Å². The Kier molecular flexibility index (Phi) is 6.69. The number of aryl methyl sites for hydroxylation is 3. The van der Waals surface area contributed by atoms with E-state index in [1.165, 1.54) is 16.9 Å². The number of aromatic nitrogens is 1. The summed E-state index contributed by atoms with van der Waals surface area (Å²) in [6.45, 7) is 0.961. The summed E-state index contributed by atoms with van der Waals surface area (Å²) in [6, 6.07) is 5.43. The van der Waals surface area contributed by atoms with Crippen LogP contribution >= 0.6 is 11.3 Å². The number of ether oxygens (including phenoxy) is 2. The second kappa shape index (κ2) is 9.82. The summed E-state index contributed by atoms with van der Waals surface area (Å²) in [4.78, 5) is 39.6. The van der Waals surface area contributed by atoms with Crippen LogP contribution in [0.25, 0.3) is 11.0 Å². The fraction of sp³-hybridized carbons (Fsp3) is 0.364. The first-order valence-electron chi connectivity index (χ1n) is 10.3. The summed E-state index contributed by atoms with van der Waals surface area (Å²) in [7, 11) is 0. The molecule has 0 spiro atoms. The van der Waals surface area contributed by atoms with Crippen molar-refractivity contribution in [3.8, 4) is 5.75 Å². The highest BCUT2D eigenvalue weighted by molar-refractivity contribution is 7.09. The molecule has 0 atom stereocenters. The van der Waals surface area contributed by atoms with Crippen molar-refractivity contribution in [2.75, 3.05) is 13.2 Å². The van der Waals surface area contributed by atoms with Gasteiger partial charge in [-0.3, -0.25) is 20.4 Å². The first-order chi connectivity index (χ1) is 15.5. The van der Waals surface area contributed by atoms with Gasteiger partial charge >= 0.3 is 5.97 Å². The number of hydrazine groups is 1. The maximum atomic E-state index is 11.9. The van der Waals surface area contributed by atoms with Crippen molar-refractivity contribution >= 4 is 40.1 Å². The molecule has 2 N–H and O–H groups in total. The Morgan fingerprint density at radius 1 is 1.12 bits per heavy atom. The molecular formula is C22H23N3O6S. The molecule has 2 heterocycles. The predicted molar refractivity (Wildman–Crippen MR) is 116 cm³/mol. The van der Waals surface area contributed by atoms with Gasteiger partial charge in [-0.05, 0) is 44.4 Å². The summed E-state index contributed by atoms with van der Waals surface area (Å²) in [5, 5.41) is 3.49. The van der Waals surface area contributed by atoms with Crippen LogP contribution in [0.4, 0.5) is 0 Å². The molecule has 10 heteroatoms. The number of hydrogen-bond donors (Lipinski definition) is 2. The third-order valence-corrected chi connectivity index (χ3v) is 5.93. The maximum absolute atomic E-state index is 11.9. The number of furan rings is 1. The highest BCUT2D eigenvalue weighted by Crippen LogP contribution is 2.33. The zero-order valence-electron chi connectivity index (χ0n) is 17.6. The van der Waals surface area contributed by atoms with Gasteiger partial charge in [0.1, 0.15) is 22.1 Å². The van der Waals surface area contributed by atoms with E-state index >= 15 is 0 Å². The number of carbonyl (C=O) groups is 3. The van der Waals surface area contributed by atoms with Crippen LogP contribution in [0.15, 0.2) is 28.0 Å². The topological polar surface area (TPSA) is 120 Å². The van der Waals surface area contributed by atoms with Gasteiger partial charge in [0.2, 0.25) is 5.91 Å². The van der Waals surface area contributed by atoms with Gasteiger partial charge in [-0.1, -0.05) is 0 Å². The molecule has 0 aliphatic heterocycles. The van der Waals surface area contributed by atoms with E-state index < -0.39 is 24.4 Å². The van der Waals surface area contributed by atoms with Crippen LogP contribution in [0.5, 0.6) is 5.75 Å². The van der Waals surface area contributed by atoms with Gasteiger partial charge in [-0.25, -0.2) is 9.78 Å². The van der Waals surface area contributed by atoms with Gasteiger partial charge in [0.15, 0.2) is 13.2 Å². The molecule has 0 unspecified atom stereocenters. The summed E-state index contributed by atoms with van der Waals surface area (Å²) in [5.41, 5.74) is 7.31. The minimum Gasteiger partial charge on any atom is -0.482 e. The molecule has 168 valence electrons. The van der Waals surface area contributed by atoms with E-state index in [1.54, 1.807) is 6.07 Å². The lowest BCUT2D eigenvalue weighted by Gasteiger charge is -2.09. The second-order valence-corrected chi connectivity index (χ2v) is 8.42. The number of fused-ring (bicyclic) bond motifs is 3. The average Bonchev–Trinajstić information content (AvgIpc) is 3.37. The minimum atomic E-state index is -0.695. The zero-order chi connectivity index (χ0) is 22.5. The molecule has 3 aromatic rings. The molecule has 1 aliphatic carbocycles. The molecule has 2 aromatic heterocycles. The van der Waals surface area contributed by atoms with Crippen molar-refractivity contribution < 1.29 is 28.3 Å². The Hall–Kier alpha value is -3.40. The number of hydrogen-bond acceptors (Lipinski definition) is 8. The van der Waals surface area contributed by atoms with Gasteiger partial charge in [0, 0.05) is 28.4 Å². The first kappa shape index (κ1) is 21.8. The Morgan fingerprint density at radius 2 is 1.94 bits per heavy atom. The highest BCUT2D eigenvalue weighted by atomic mass is 32.1. The van der Waals surface area contributed by atoms with E-state index in [9.17, 15) is 14.4 Å². The van der Waals surface area contributed by atoms with Crippen molar-refractivity contribution in [1.29, 1.82) is 0 Å². The fourth-order valence-electron chi connectivity index (χ4n) is 3.50. The number of rotatable bonds is 7. The molecule has 2 amide bonds. The summed E-state index contributed by atoms with van der Waals surface area (Å²) < 4.78 is 16.3. The minimum absolute atomic E-state index is 0.0522. The first-order valence-corrected chi connectivity index (χ1v) is 11.2. The molecule has 32 heavy (non-hydrogen) atoms. The van der Waals surface area contributed by atoms with Gasteiger partial charge in [0.25, 0.3) is 5.91 Å². The zero-order valence-corrected chi connectivity index (χ0v) is 18.4. The van der Waals surface area contributed by atoms with Gasteiger partial charge in [0.05, 0.1) is 6.42 Å². The maximum Gasteiger partial charge on any atom is 0.344 e. The third-order valence-electron chi connectivity index (χ3n) is 4.97. The molecule has 0 fully saturated rings. The van der Waals surface area contributed by atoms with Gasteiger partial charge in [-0.15, -0.1) is 11.3 Å². The van der Waals surface area contributed by atoms with Gasteiger partial charge < -0.3 is 13.9 Å². The Labute approximate surface area is 188 Å². The third kappa shape index (κ3) is 5.44.